The summed E-state index contributed by atoms with van der Waals surface area (Å²) in [5, 5.41) is 6.33. The number of likely N-dealkylation sites (tertiary alicyclic amines) is 1. The number of hydrogen-bond donors (Lipinski definition) is 2. The molecule has 5 heteroatoms. The van der Waals surface area contributed by atoms with Gasteiger partial charge in [0.15, 0.2) is 0 Å². The van der Waals surface area contributed by atoms with E-state index in [9.17, 15) is 9.59 Å². The molecule has 2 fully saturated rings. The molecule has 2 N–H and O–H groups in total. The van der Waals surface area contributed by atoms with Gasteiger partial charge >= 0.3 is 0 Å². The first-order valence-electron chi connectivity index (χ1n) is 6.93. The van der Waals surface area contributed by atoms with Crippen LogP contribution in [0, 0.1) is 0 Å². The highest BCUT2D eigenvalue weighted by molar-refractivity contribution is 5.85. The van der Waals surface area contributed by atoms with Gasteiger partial charge in [0.05, 0.1) is 6.54 Å². The van der Waals surface area contributed by atoms with Gasteiger partial charge in [-0.2, -0.15) is 0 Å². The van der Waals surface area contributed by atoms with Crippen LogP contribution in [-0.2, 0) is 9.59 Å². The van der Waals surface area contributed by atoms with Crippen LogP contribution in [0.4, 0.5) is 0 Å². The van der Waals surface area contributed by atoms with Gasteiger partial charge in [-0.05, 0) is 39.2 Å². The average Bonchev–Trinajstić information content (AvgIpc) is 2.76. The van der Waals surface area contributed by atoms with Crippen molar-refractivity contribution in [1.82, 2.24) is 15.5 Å². The molecule has 2 amide bonds. The molecular formula is C13H23N3O2. The number of nitrogens with one attached hydrogen (secondary N) is 2. The summed E-state index contributed by atoms with van der Waals surface area (Å²) in [6.07, 6.45) is 5.78. The summed E-state index contributed by atoms with van der Waals surface area (Å²) in [4.78, 5) is 24.9. The molecular weight excluding hydrogens is 230 g/mol. The van der Waals surface area contributed by atoms with Crippen molar-refractivity contribution < 1.29 is 9.59 Å². The number of carbonyl (C=O) groups is 2. The molecule has 2 aliphatic rings. The third kappa shape index (κ3) is 3.45. The molecule has 1 saturated carbocycles. The van der Waals surface area contributed by atoms with Gasteiger partial charge in [0, 0.05) is 25.0 Å². The number of carbonyl (C=O) groups excluding carboxylic acids is 2. The predicted octanol–water partition coefficient (Wildman–Crippen LogP) is 0.256. The van der Waals surface area contributed by atoms with Crippen LogP contribution in [0.5, 0.6) is 0 Å². The van der Waals surface area contributed by atoms with E-state index in [2.05, 4.69) is 10.6 Å². The molecule has 0 aromatic heterocycles. The van der Waals surface area contributed by atoms with E-state index in [1.165, 1.54) is 0 Å². The Bertz CT molecular complexity index is 311. The lowest BCUT2D eigenvalue weighted by Crippen LogP contribution is -2.45. The maximum absolute atomic E-state index is 11.8. The Hall–Kier alpha value is -1.10. The fraction of sp³-hybridized carbons (Fsp3) is 0.846. The largest absolute Gasteiger partial charge is 0.352 e. The third-order valence-electron chi connectivity index (χ3n) is 4.01. The molecule has 1 aliphatic heterocycles. The van der Waals surface area contributed by atoms with Gasteiger partial charge in [-0.25, -0.2) is 0 Å². The molecule has 5 nitrogen and oxygen atoms in total. The van der Waals surface area contributed by atoms with Crippen LogP contribution in [-0.4, -0.2) is 48.9 Å². The smallest absolute Gasteiger partial charge is 0.239 e. The van der Waals surface area contributed by atoms with Gasteiger partial charge in [-0.1, -0.05) is 0 Å². The standard InChI is InChI=1S/C13H23N3O2/c1-14-10-4-6-11(7-5-10)15-12(17)9-16-8-2-3-13(16)18/h10-11,14H,2-9H2,1H3,(H,15,17). The zero-order valence-electron chi connectivity index (χ0n) is 11.1. The first-order valence-corrected chi connectivity index (χ1v) is 6.93. The topological polar surface area (TPSA) is 61.4 Å². The maximum atomic E-state index is 11.8. The minimum absolute atomic E-state index is 0.00171. The van der Waals surface area contributed by atoms with Crippen LogP contribution >= 0.6 is 0 Å². The molecule has 0 unspecified atom stereocenters. The summed E-state index contributed by atoms with van der Waals surface area (Å²) in [6, 6.07) is 0.887. The van der Waals surface area contributed by atoms with Crippen LogP contribution in [0.25, 0.3) is 0 Å². The highest BCUT2D eigenvalue weighted by atomic mass is 16.2. The first-order chi connectivity index (χ1) is 8.69. The summed E-state index contributed by atoms with van der Waals surface area (Å²) < 4.78 is 0. The van der Waals surface area contributed by atoms with Gasteiger partial charge in [0.1, 0.15) is 0 Å². The lowest BCUT2D eigenvalue weighted by atomic mass is 9.91. The first kappa shape index (κ1) is 13.3. The number of rotatable bonds is 4. The van der Waals surface area contributed by atoms with Crippen molar-refractivity contribution in [2.75, 3.05) is 20.1 Å². The fourth-order valence-electron chi connectivity index (χ4n) is 2.84. The van der Waals surface area contributed by atoms with E-state index < -0.39 is 0 Å². The molecule has 0 aromatic carbocycles. The Balaban J connectivity index is 1.70. The molecule has 1 heterocycles. The molecule has 0 aromatic rings. The van der Waals surface area contributed by atoms with Crippen LogP contribution < -0.4 is 10.6 Å². The Kier molecular flexibility index (Phi) is 4.58. The lowest BCUT2D eigenvalue weighted by Gasteiger charge is -2.29. The zero-order chi connectivity index (χ0) is 13.0. The third-order valence-corrected chi connectivity index (χ3v) is 4.01. The van der Waals surface area contributed by atoms with E-state index in [1.54, 1.807) is 4.90 Å². The molecule has 0 spiro atoms. The van der Waals surface area contributed by atoms with E-state index in [4.69, 9.17) is 0 Å². The van der Waals surface area contributed by atoms with Gasteiger partial charge in [-0.3, -0.25) is 9.59 Å². The SMILES string of the molecule is CNC1CCC(NC(=O)CN2CCCC2=O)CC1. The van der Waals surface area contributed by atoms with E-state index in [1.807, 2.05) is 7.05 Å². The summed E-state index contributed by atoms with van der Waals surface area (Å²) in [7, 11) is 1.99. The van der Waals surface area contributed by atoms with E-state index in [-0.39, 0.29) is 18.4 Å². The maximum Gasteiger partial charge on any atom is 0.239 e. The van der Waals surface area contributed by atoms with E-state index in [0.29, 0.717) is 18.5 Å². The van der Waals surface area contributed by atoms with Crippen LogP contribution in [0.2, 0.25) is 0 Å². The van der Waals surface area contributed by atoms with Crippen molar-refractivity contribution >= 4 is 11.8 Å². The molecule has 1 saturated heterocycles. The second-order valence-corrected chi connectivity index (χ2v) is 5.32. The molecule has 1 aliphatic carbocycles. The summed E-state index contributed by atoms with van der Waals surface area (Å²) in [5.41, 5.74) is 0. The van der Waals surface area contributed by atoms with Gasteiger partial charge < -0.3 is 15.5 Å². The Labute approximate surface area is 108 Å². The molecule has 102 valence electrons. The predicted molar refractivity (Wildman–Crippen MR) is 69.1 cm³/mol. The highest BCUT2D eigenvalue weighted by Gasteiger charge is 2.25. The molecule has 0 radical (unpaired) electrons. The summed E-state index contributed by atoms with van der Waals surface area (Å²) in [6.45, 7) is 0.976. The minimum atomic E-state index is -0.00171. The molecule has 0 atom stereocenters. The fourth-order valence-corrected chi connectivity index (χ4v) is 2.84. The molecule has 2 rings (SSSR count). The Morgan fingerprint density at radius 3 is 2.50 bits per heavy atom. The van der Waals surface area contributed by atoms with Crippen molar-refractivity contribution in [1.29, 1.82) is 0 Å². The van der Waals surface area contributed by atoms with Crippen molar-refractivity contribution in [2.24, 2.45) is 0 Å². The van der Waals surface area contributed by atoms with Crippen LogP contribution in [0.1, 0.15) is 38.5 Å². The monoisotopic (exact) mass is 253 g/mol. The Morgan fingerprint density at radius 1 is 1.28 bits per heavy atom. The number of hydrogen-bond acceptors (Lipinski definition) is 3. The normalized spacial score (nSPS) is 28.5. The average molecular weight is 253 g/mol. The lowest BCUT2D eigenvalue weighted by molar-refractivity contribution is -0.133. The quantitative estimate of drug-likeness (QED) is 0.755. The second kappa shape index (κ2) is 6.18. The van der Waals surface area contributed by atoms with E-state index in [0.717, 1.165) is 38.6 Å². The molecule has 18 heavy (non-hydrogen) atoms. The van der Waals surface area contributed by atoms with Gasteiger partial charge in [0.25, 0.3) is 0 Å². The van der Waals surface area contributed by atoms with Crippen LogP contribution in [0.15, 0.2) is 0 Å². The minimum Gasteiger partial charge on any atom is -0.352 e. The van der Waals surface area contributed by atoms with Crippen molar-refractivity contribution in [2.45, 2.75) is 50.6 Å². The zero-order valence-corrected chi connectivity index (χ0v) is 11.1. The van der Waals surface area contributed by atoms with Crippen molar-refractivity contribution in [3.63, 3.8) is 0 Å². The Morgan fingerprint density at radius 2 is 1.94 bits per heavy atom. The van der Waals surface area contributed by atoms with E-state index >= 15 is 0 Å². The number of nitrogens with zero attached hydrogens (tertiary/aromatic N) is 1. The van der Waals surface area contributed by atoms with Crippen LogP contribution in [0.3, 0.4) is 0 Å². The summed E-state index contributed by atoms with van der Waals surface area (Å²) in [5.74, 6) is 0.113. The number of amides is 2. The van der Waals surface area contributed by atoms with Gasteiger partial charge in [0.2, 0.25) is 11.8 Å². The van der Waals surface area contributed by atoms with Gasteiger partial charge in [-0.15, -0.1) is 0 Å². The second-order valence-electron chi connectivity index (χ2n) is 5.32. The molecule has 0 bridgehead atoms. The van der Waals surface area contributed by atoms with Crippen molar-refractivity contribution in [3.8, 4) is 0 Å². The summed E-state index contributed by atoms with van der Waals surface area (Å²) >= 11 is 0. The highest BCUT2D eigenvalue weighted by Crippen LogP contribution is 2.18. The van der Waals surface area contributed by atoms with Crippen molar-refractivity contribution in [3.05, 3.63) is 0 Å².